The van der Waals surface area contributed by atoms with Gasteiger partial charge in [0.25, 0.3) is 0 Å². The normalized spacial score (nSPS) is 17.1. The molecule has 0 aliphatic carbocycles. The van der Waals surface area contributed by atoms with Gasteiger partial charge in [-0.05, 0) is 91.2 Å². The van der Waals surface area contributed by atoms with Crippen LogP contribution in [-0.2, 0) is 38.4 Å². The van der Waals surface area contributed by atoms with E-state index < -0.39 is 17.9 Å². The number of amides is 6. The maximum atomic E-state index is 14.1. The summed E-state index contributed by atoms with van der Waals surface area (Å²) in [5.41, 5.74) is 9.50. The number of hydrogen-bond acceptors (Lipinski definition) is 11. The number of hydrogen-bond donors (Lipinski definition) is 4. The van der Waals surface area contributed by atoms with Crippen LogP contribution < -0.4 is 31.5 Å². The fraction of sp³-hybridized carbons (Fsp3) is 0.463. The molecule has 418 valence electrons. The number of halogens is 6. The molecule has 17 nitrogen and oxygen atoms in total. The lowest BCUT2D eigenvalue weighted by molar-refractivity contribution is -0.136. The van der Waals surface area contributed by atoms with Crippen molar-refractivity contribution < 1.29 is 42.2 Å². The standard InChI is InChI=1S/C27H34Cl2FN5O3.C23H23Cl2FN4O3.C4H11NO/c1-18(17-38-2)32-16-20-13-22(30)5-6-24(20)33-9-11-34(12-10-33)26(36)25(35-8-7-31-27(35)37)14-19-3-4-21(28)15-23(19)29;24-17-2-1-15(19(25)13-17)12-21(30-6-5-27-23(30)33)22(32)29-9-7-28(8-10-29)20-4-3-18(26)11-16(20)14-31;1-4(5)3-6-2/h3-6,13,15,18,25,32H,7-12,14,16-17H2,1-2H3,(H,31,37);1-4,11,13-14,21H,5-10,12H2,(H,27,33);4H,3,5H2,1-2H3/t18-,25-;21-;4-/m111/s1. The Labute approximate surface area is 469 Å². The number of piperazine rings is 2. The van der Waals surface area contributed by atoms with E-state index in [1.807, 2.05) is 18.7 Å². The molecule has 4 aliphatic heterocycles. The summed E-state index contributed by atoms with van der Waals surface area (Å²) >= 11 is 24.8. The Morgan fingerprint density at radius 1 is 0.636 bits per heavy atom. The van der Waals surface area contributed by atoms with E-state index in [4.69, 9.17) is 56.9 Å². The van der Waals surface area contributed by atoms with Gasteiger partial charge in [0.05, 0.1) is 13.2 Å². The van der Waals surface area contributed by atoms with Gasteiger partial charge in [-0.15, -0.1) is 0 Å². The zero-order chi connectivity index (χ0) is 55.8. The summed E-state index contributed by atoms with van der Waals surface area (Å²) in [6.07, 6.45) is 1.21. The van der Waals surface area contributed by atoms with Crippen LogP contribution in [0.15, 0.2) is 72.8 Å². The Morgan fingerprint density at radius 2 is 1.09 bits per heavy atom. The second-order valence-electron chi connectivity index (χ2n) is 19.2. The topological polar surface area (TPSA) is 185 Å². The van der Waals surface area contributed by atoms with Gasteiger partial charge < -0.3 is 60.6 Å². The van der Waals surface area contributed by atoms with Gasteiger partial charge in [-0.3, -0.25) is 14.4 Å². The van der Waals surface area contributed by atoms with Crippen LogP contribution in [0.3, 0.4) is 0 Å². The van der Waals surface area contributed by atoms with E-state index in [0.29, 0.717) is 137 Å². The summed E-state index contributed by atoms with van der Waals surface area (Å²) in [5, 5.41) is 10.8. The van der Waals surface area contributed by atoms with E-state index >= 15 is 0 Å². The first-order chi connectivity index (χ1) is 36.9. The third kappa shape index (κ3) is 17.0. The fourth-order valence-corrected chi connectivity index (χ4v) is 10.5. The molecule has 5 N–H and O–H groups in total. The van der Waals surface area contributed by atoms with Crippen molar-refractivity contribution in [2.75, 3.05) is 116 Å². The highest BCUT2D eigenvalue weighted by molar-refractivity contribution is 6.35. The molecule has 4 fully saturated rings. The average molecular weight is 1150 g/mol. The maximum absolute atomic E-state index is 14.1. The number of methoxy groups -OCH3 is 2. The summed E-state index contributed by atoms with van der Waals surface area (Å²) in [6.45, 7) is 11.5. The summed E-state index contributed by atoms with van der Waals surface area (Å²) in [6, 6.07) is 17.6. The van der Waals surface area contributed by atoms with Crippen LogP contribution in [-0.4, -0.2) is 180 Å². The van der Waals surface area contributed by atoms with Gasteiger partial charge in [0.1, 0.15) is 23.7 Å². The zero-order valence-electron chi connectivity index (χ0n) is 43.7. The minimum atomic E-state index is -0.700. The molecule has 4 aliphatic rings. The molecule has 0 bridgehead atoms. The maximum Gasteiger partial charge on any atom is 0.318 e. The number of aldehydes is 1. The lowest BCUT2D eigenvalue weighted by atomic mass is 10.0. The minimum absolute atomic E-state index is 0.109. The smallest absolute Gasteiger partial charge is 0.318 e. The van der Waals surface area contributed by atoms with Crippen molar-refractivity contribution in [2.24, 2.45) is 5.73 Å². The quantitative estimate of drug-likeness (QED) is 0.0773. The van der Waals surface area contributed by atoms with Gasteiger partial charge in [0.2, 0.25) is 11.8 Å². The zero-order valence-corrected chi connectivity index (χ0v) is 46.7. The molecular formula is C54H68Cl4F2N10O7. The highest BCUT2D eigenvalue weighted by atomic mass is 35.5. The average Bonchev–Trinajstić information content (AvgIpc) is 4.05. The number of nitrogens with one attached hydrogen (secondary N) is 3. The number of anilines is 2. The molecule has 23 heteroatoms. The van der Waals surface area contributed by atoms with Crippen LogP contribution in [0.4, 0.5) is 29.7 Å². The van der Waals surface area contributed by atoms with Crippen LogP contribution in [0, 0.1) is 11.6 Å². The van der Waals surface area contributed by atoms with Crippen LogP contribution in [0.2, 0.25) is 20.1 Å². The van der Waals surface area contributed by atoms with Crippen molar-refractivity contribution in [1.82, 2.24) is 35.6 Å². The fourth-order valence-electron chi connectivity index (χ4n) is 9.55. The van der Waals surface area contributed by atoms with Crippen LogP contribution in [0.25, 0.3) is 0 Å². The molecule has 4 saturated heterocycles. The van der Waals surface area contributed by atoms with Crippen molar-refractivity contribution in [3.05, 3.63) is 127 Å². The van der Waals surface area contributed by atoms with Gasteiger partial charge in [-0.1, -0.05) is 58.5 Å². The molecule has 4 heterocycles. The summed E-state index contributed by atoms with van der Waals surface area (Å²) in [5.74, 6) is -1.02. The number of nitrogens with two attached hydrogens (primary N) is 1. The second kappa shape index (κ2) is 29.5. The lowest BCUT2D eigenvalue weighted by Gasteiger charge is -2.39. The minimum Gasteiger partial charge on any atom is -0.383 e. The third-order valence-electron chi connectivity index (χ3n) is 13.5. The van der Waals surface area contributed by atoms with E-state index in [1.54, 1.807) is 88.4 Å². The Morgan fingerprint density at radius 3 is 1.49 bits per heavy atom. The Bertz CT molecular complexity index is 2660. The van der Waals surface area contributed by atoms with E-state index in [0.717, 1.165) is 22.4 Å². The van der Waals surface area contributed by atoms with E-state index in [2.05, 4.69) is 25.6 Å². The molecule has 0 radical (unpaired) electrons. The molecule has 4 atom stereocenters. The molecule has 0 aromatic heterocycles. The predicted octanol–water partition coefficient (Wildman–Crippen LogP) is 6.75. The largest absolute Gasteiger partial charge is 0.383 e. The van der Waals surface area contributed by atoms with Crippen molar-refractivity contribution in [1.29, 1.82) is 0 Å². The number of carbonyl (C=O) groups is 5. The van der Waals surface area contributed by atoms with Crippen LogP contribution in [0.5, 0.6) is 0 Å². The first-order valence-electron chi connectivity index (χ1n) is 25.4. The van der Waals surface area contributed by atoms with Crippen molar-refractivity contribution in [3.63, 3.8) is 0 Å². The Kier molecular flexibility index (Phi) is 23.2. The molecule has 6 amide bonds. The van der Waals surface area contributed by atoms with Crippen molar-refractivity contribution >= 4 is 87.9 Å². The molecule has 4 aromatic carbocycles. The van der Waals surface area contributed by atoms with Gasteiger partial charge in [-0.25, -0.2) is 18.4 Å². The number of ether oxygens (including phenoxy) is 2. The molecule has 8 rings (SSSR count). The van der Waals surface area contributed by atoms with E-state index in [9.17, 15) is 32.8 Å². The van der Waals surface area contributed by atoms with Crippen molar-refractivity contribution in [3.8, 4) is 0 Å². The van der Waals surface area contributed by atoms with Gasteiger partial charge in [0, 0.05) is 161 Å². The molecule has 4 aromatic rings. The summed E-state index contributed by atoms with van der Waals surface area (Å²) in [4.78, 5) is 74.4. The summed E-state index contributed by atoms with van der Waals surface area (Å²) in [7, 11) is 3.29. The number of carbonyl (C=O) groups excluding carboxylic acids is 5. The number of rotatable bonds is 18. The Hall–Kier alpha value is -5.51. The SMILES string of the molecule is COC[C@@H](C)N.COC[C@@H](C)NCc1cc(F)ccc1N1CCN(C(=O)[C@@H](Cc2ccc(Cl)cc2Cl)N2CCNC2=O)CC1.O=Cc1cc(F)ccc1N1CCN(C(=O)[C@@H](Cc2ccc(Cl)cc2Cl)N2CCNC2=O)CC1. The van der Waals surface area contributed by atoms with Crippen LogP contribution >= 0.6 is 46.4 Å². The molecule has 0 spiro atoms. The monoisotopic (exact) mass is 1150 g/mol. The van der Waals surface area contributed by atoms with E-state index in [1.165, 1.54) is 18.2 Å². The highest BCUT2D eigenvalue weighted by Crippen LogP contribution is 2.29. The van der Waals surface area contributed by atoms with Crippen molar-refractivity contribution in [2.45, 2.75) is 57.4 Å². The molecule has 0 unspecified atom stereocenters. The van der Waals surface area contributed by atoms with Gasteiger partial charge in [0.15, 0.2) is 6.29 Å². The van der Waals surface area contributed by atoms with Gasteiger partial charge >= 0.3 is 12.1 Å². The summed E-state index contributed by atoms with van der Waals surface area (Å²) < 4.78 is 37.4. The molecule has 0 saturated carbocycles. The van der Waals surface area contributed by atoms with Crippen LogP contribution in [0.1, 0.15) is 40.9 Å². The molecule has 77 heavy (non-hydrogen) atoms. The predicted molar refractivity (Wildman–Crippen MR) is 298 cm³/mol. The van der Waals surface area contributed by atoms with E-state index in [-0.39, 0.29) is 53.8 Å². The number of urea groups is 2. The van der Waals surface area contributed by atoms with Gasteiger partial charge in [-0.2, -0.15) is 0 Å². The second-order valence-corrected chi connectivity index (χ2v) is 20.8. The first kappa shape index (κ1) is 60.7. The third-order valence-corrected chi connectivity index (χ3v) is 14.6. The highest BCUT2D eigenvalue weighted by Gasteiger charge is 2.39. The first-order valence-corrected chi connectivity index (χ1v) is 27.0. The molecular weight excluding hydrogens is 1080 g/mol. The number of benzene rings is 4. The lowest BCUT2D eigenvalue weighted by Crippen LogP contribution is -2.56. The Balaban J connectivity index is 0.000000227. The number of nitrogens with zero attached hydrogens (tertiary/aromatic N) is 6.